The number of benzene rings is 7. The van der Waals surface area contributed by atoms with Crippen LogP contribution in [-0.2, 0) is 5.41 Å². The Labute approximate surface area is 302 Å². The van der Waals surface area contributed by atoms with Gasteiger partial charge in [0.2, 0.25) is 0 Å². The van der Waals surface area contributed by atoms with E-state index < -0.39 is 0 Å². The number of rotatable bonds is 5. The van der Waals surface area contributed by atoms with Crippen molar-refractivity contribution in [2.24, 2.45) is 0 Å². The van der Waals surface area contributed by atoms with Crippen LogP contribution >= 0.6 is 0 Å². The molecule has 0 fully saturated rings. The average molecular weight is 667 g/mol. The van der Waals surface area contributed by atoms with Gasteiger partial charge in [0.1, 0.15) is 11.2 Å². The summed E-state index contributed by atoms with van der Waals surface area (Å²) in [4.78, 5) is 10.2. The highest BCUT2D eigenvalue weighted by atomic mass is 16.3. The third-order valence-electron chi connectivity index (χ3n) is 10.7. The van der Waals surface area contributed by atoms with Crippen LogP contribution in [0.2, 0.25) is 0 Å². The SMILES string of the molecule is CC1(C)c2cc(-c3cccc(-c4cc(-c5ccc(-c6ccccc6)cc5)nc(-c5ccccc5)n4)c3)ccc2-c2cc3oc4ccccc4c3cc21. The van der Waals surface area contributed by atoms with Crippen LogP contribution in [-0.4, -0.2) is 9.97 Å². The number of furan rings is 1. The van der Waals surface area contributed by atoms with Gasteiger partial charge in [-0.2, -0.15) is 0 Å². The van der Waals surface area contributed by atoms with Crippen LogP contribution in [0.3, 0.4) is 0 Å². The molecule has 246 valence electrons. The molecule has 2 heterocycles. The smallest absolute Gasteiger partial charge is 0.160 e. The van der Waals surface area contributed by atoms with E-state index in [4.69, 9.17) is 14.4 Å². The van der Waals surface area contributed by atoms with Crippen LogP contribution in [0.25, 0.3) is 89.2 Å². The van der Waals surface area contributed by atoms with Crippen molar-refractivity contribution in [3.8, 4) is 67.3 Å². The van der Waals surface area contributed by atoms with Gasteiger partial charge < -0.3 is 4.42 Å². The van der Waals surface area contributed by atoms with Crippen molar-refractivity contribution in [1.82, 2.24) is 9.97 Å². The molecule has 0 bridgehead atoms. The molecule has 9 aromatic rings. The standard InChI is InChI=1S/C49H34N2O/c1-49(2)42-27-36(24-25-38(42)40-29-47-41(28-43(40)49)39-18-9-10-19-46(39)52-47)35-16-11-17-37(26-35)45-30-44(50-48(51-45)34-14-7-4-8-15-34)33-22-20-32(21-23-33)31-12-5-3-6-13-31/h3-30H,1-2H3. The number of hydrogen-bond acceptors (Lipinski definition) is 3. The van der Waals surface area contributed by atoms with E-state index in [1.807, 2.05) is 36.4 Å². The third kappa shape index (κ3) is 4.97. The van der Waals surface area contributed by atoms with Gasteiger partial charge in [0.25, 0.3) is 0 Å². The molecule has 0 atom stereocenters. The van der Waals surface area contributed by atoms with Crippen molar-refractivity contribution in [3.63, 3.8) is 0 Å². The van der Waals surface area contributed by atoms with Crippen LogP contribution in [0, 0.1) is 0 Å². The number of hydrogen-bond donors (Lipinski definition) is 0. The molecule has 0 radical (unpaired) electrons. The molecule has 0 spiro atoms. The highest BCUT2D eigenvalue weighted by Gasteiger charge is 2.36. The molecular weight excluding hydrogens is 633 g/mol. The van der Waals surface area contributed by atoms with E-state index >= 15 is 0 Å². The molecule has 0 aliphatic heterocycles. The minimum absolute atomic E-state index is 0.160. The first kappa shape index (κ1) is 30.3. The summed E-state index contributed by atoms with van der Waals surface area (Å²) in [6, 6.07) is 60.0. The van der Waals surface area contributed by atoms with Crippen molar-refractivity contribution in [2.45, 2.75) is 19.3 Å². The molecule has 0 amide bonds. The van der Waals surface area contributed by atoms with Gasteiger partial charge in [0.15, 0.2) is 5.82 Å². The normalized spacial score (nSPS) is 13.0. The maximum atomic E-state index is 6.30. The van der Waals surface area contributed by atoms with Crippen LogP contribution in [0.15, 0.2) is 174 Å². The van der Waals surface area contributed by atoms with Crippen molar-refractivity contribution >= 4 is 21.9 Å². The van der Waals surface area contributed by atoms with Crippen LogP contribution in [0.5, 0.6) is 0 Å². The second-order valence-corrected chi connectivity index (χ2v) is 14.2. The van der Waals surface area contributed by atoms with Crippen LogP contribution in [0.1, 0.15) is 25.0 Å². The fraction of sp³-hybridized carbons (Fsp3) is 0.0612. The molecule has 0 saturated carbocycles. The molecule has 3 heteroatoms. The lowest BCUT2D eigenvalue weighted by Gasteiger charge is -2.22. The zero-order valence-corrected chi connectivity index (χ0v) is 29.0. The number of fused-ring (bicyclic) bond motifs is 6. The Hall–Kier alpha value is -6.58. The molecule has 0 saturated heterocycles. The molecule has 7 aromatic carbocycles. The molecule has 52 heavy (non-hydrogen) atoms. The predicted octanol–water partition coefficient (Wildman–Crippen LogP) is 13.0. The van der Waals surface area contributed by atoms with Crippen LogP contribution in [0.4, 0.5) is 0 Å². The number of aromatic nitrogens is 2. The Kier molecular flexibility index (Phi) is 6.84. The van der Waals surface area contributed by atoms with Crippen molar-refractivity contribution in [1.29, 1.82) is 0 Å². The number of nitrogens with zero attached hydrogens (tertiary/aromatic N) is 2. The highest BCUT2D eigenvalue weighted by Crippen LogP contribution is 2.51. The summed E-state index contributed by atoms with van der Waals surface area (Å²) < 4.78 is 6.30. The molecule has 3 nitrogen and oxygen atoms in total. The Balaban J connectivity index is 1.04. The summed E-state index contributed by atoms with van der Waals surface area (Å²) in [5.41, 5.74) is 16.5. The Morgan fingerprint density at radius 3 is 1.75 bits per heavy atom. The molecule has 1 aliphatic carbocycles. The zero-order valence-electron chi connectivity index (χ0n) is 29.0. The topological polar surface area (TPSA) is 38.9 Å². The van der Waals surface area contributed by atoms with E-state index in [-0.39, 0.29) is 5.41 Å². The zero-order chi connectivity index (χ0) is 34.8. The van der Waals surface area contributed by atoms with Gasteiger partial charge >= 0.3 is 0 Å². The summed E-state index contributed by atoms with van der Waals surface area (Å²) in [5, 5.41) is 2.34. The largest absolute Gasteiger partial charge is 0.456 e. The molecule has 2 aromatic heterocycles. The maximum Gasteiger partial charge on any atom is 0.160 e. The van der Waals surface area contributed by atoms with Crippen molar-refractivity contribution in [3.05, 3.63) is 181 Å². The highest BCUT2D eigenvalue weighted by molar-refractivity contribution is 6.07. The van der Waals surface area contributed by atoms with E-state index in [0.29, 0.717) is 5.82 Å². The maximum absolute atomic E-state index is 6.30. The lowest BCUT2D eigenvalue weighted by atomic mass is 9.81. The first-order valence-electron chi connectivity index (χ1n) is 17.8. The fourth-order valence-electron chi connectivity index (χ4n) is 7.91. The van der Waals surface area contributed by atoms with E-state index in [1.54, 1.807) is 0 Å². The molecule has 10 rings (SSSR count). The van der Waals surface area contributed by atoms with Gasteiger partial charge in [-0.3, -0.25) is 0 Å². The Morgan fingerprint density at radius 1 is 0.385 bits per heavy atom. The van der Waals surface area contributed by atoms with Crippen molar-refractivity contribution in [2.75, 3.05) is 0 Å². The van der Waals surface area contributed by atoms with E-state index in [0.717, 1.165) is 50.2 Å². The second kappa shape index (κ2) is 11.8. The Bertz CT molecular complexity index is 2800. The van der Waals surface area contributed by atoms with Crippen LogP contribution < -0.4 is 0 Å². The summed E-state index contributed by atoms with van der Waals surface area (Å²) >= 11 is 0. The quantitative estimate of drug-likeness (QED) is 0.183. The summed E-state index contributed by atoms with van der Waals surface area (Å²) in [6.45, 7) is 4.68. The van der Waals surface area contributed by atoms with Gasteiger partial charge in [-0.1, -0.05) is 147 Å². The molecular formula is C49H34N2O. The number of para-hydroxylation sites is 1. The predicted molar refractivity (Wildman–Crippen MR) is 214 cm³/mol. The van der Waals surface area contributed by atoms with E-state index in [1.165, 1.54) is 44.3 Å². The molecule has 1 aliphatic rings. The molecule has 0 unspecified atom stereocenters. The first-order chi connectivity index (χ1) is 25.5. The van der Waals surface area contributed by atoms with Gasteiger partial charge in [0.05, 0.1) is 11.4 Å². The van der Waals surface area contributed by atoms with Gasteiger partial charge in [-0.05, 0) is 80.9 Å². The van der Waals surface area contributed by atoms with Gasteiger partial charge in [-0.25, -0.2) is 9.97 Å². The fourth-order valence-corrected chi connectivity index (χ4v) is 7.91. The summed E-state index contributed by atoms with van der Waals surface area (Å²) in [5.74, 6) is 0.709. The minimum Gasteiger partial charge on any atom is -0.456 e. The lowest BCUT2D eigenvalue weighted by Crippen LogP contribution is -2.15. The lowest BCUT2D eigenvalue weighted by molar-refractivity contribution is 0.658. The third-order valence-corrected chi connectivity index (χ3v) is 10.7. The minimum atomic E-state index is -0.160. The average Bonchev–Trinajstić information content (AvgIpc) is 3.68. The monoisotopic (exact) mass is 666 g/mol. The Morgan fingerprint density at radius 2 is 0.962 bits per heavy atom. The van der Waals surface area contributed by atoms with E-state index in [9.17, 15) is 0 Å². The molecule has 0 N–H and O–H groups in total. The summed E-state index contributed by atoms with van der Waals surface area (Å²) in [6.07, 6.45) is 0. The first-order valence-corrected chi connectivity index (χ1v) is 17.8. The second-order valence-electron chi connectivity index (χ2n) is 14.2. The van der Waals surface area contributed by atoms with Gasteiger partial charge in [0, 0.05) is 32.9 Å². The van der Waals surface area contributed by atoms with E-state index in [2.05, 4.69) is 147 Å². The van der Waals surface area contributed by atoms with Crippen molar-refractivity contribution < 1.29 is 4.42 Å². The summed E-state index contributed by atoms with van der Waals surface area (Å²) in [7, 11) is 0. The van der Waals surface area contributed by atoms with Gasteiger partial charge in [-0.15, -0.1) is 0 Å².